The van der Waals surface area contributed by atoms with Crippen LogP contribution in [0.3, 0.4) is 0 Å². The minimum atomic E-state index is 1.08. The lowest BCUT2D eigenvalue weighted by molar-refractivity contribution is -0.671. The van der Waals surface area contributed by atoms with E-state index in [-0.39, 0.29) is 0 Å². The molecule has 0 unspecified atom stereocenters. The number of aromatic nitrogens is 2. The molecule has 0 spiro atoms. The Morgan fingerprint density at radius 2 is 2.00 bits per heavy atom. The molecule has 2 aromatic heterocycles. The van der Waals surface area contributed by atoms with Crippen LogP contribution in [0.25, 0.3) is 20.8 Å². The molecule has 0 fully saturated rings. The van der Waals surface area contributed by atoms with Gasteiger partial charge in [-0.1, -0.05) is 12.1 Å². The van der Waals surface area contributed by atoms with Gasteiger partial charge in [-0.2, -0.15) is 0 Å². The van der Waals surface area contributed by atoms with E-state index in [4.69, 9.17) is 4.98 Å². The van der Waals surface area contributed by atoms with Crippen LogP contribution in [0.4, 0.5) is 0 Å². The minimum absolute atomic E-state index is 1.08. The van der Waals surface area contributed by atoms with Gasteiger partial charge in [-0.15, -0.1) is 11.3 Å². The molecule has 0 radical (unpaired) electrons. The monoisotopic (exact) mass is 241 g/mol. The first kappa shape index (κ1) is 10.4. The summed E-state index contributed by atoms with van der Waals surface area (Å²) in [5, 5.41) is 1.10. The molecule has 0 aliphatic carbocycles. The van der Waals surface area contributed by atoms with Gasteiger partial charge in [0.15, 0.2) is 12.4 Å². The van der Waals surface area contributed by atoms with Gasteiger partial charge in [0.25, 0.3) is 0 Å². The number of pyridine rings is 1. The van der Waals surface area contributed by atoms with E-state index in [0.717, 1.165) is 10.5 Å². The van der Waals surface area contributed by atoms with Crippen molar-refractivity contribution in [3.63, 3.8) is 0 Å². The summed E-state index contributed by atoms with van der Waals surface area (Å²) in [6.07, 6.45) is 4.19. The fourth-order valence-corrected chi connectivity index (χ4v) is 2.92. The Balaban J connectivity index is 2.23. The fraction of sp³-hybridized carbons (Fsp3) is 0.143. The van der Waals surface area contributed by atoms with Gasteiger partial charge in [0.2, 0.25) is 0 Å². The van der Waals surface area contributed by atoms with Gasteiger partial charge >= 0.3 is 0 Å². The highest BCUT2D eigenvalue weighted by Gasteiger charge is 2.11. The third kappa shape index (κ3) is 1.83. The predicted molar refractivity (Wildman–Crippen MR) is 71.0 cm³/mol. The highest BCUT2D eigenvalue weighted by atomic mass is 32.1. The van der Waals surface area contributed by atoms with E-state index >= 15 is 0 Å². The van der Waals surface area contributed by atoms with Crippen LogP contribution in [-0.4, -0.2) is 4.98 Å². The number of nitrogens with zero attached hydrogens (tertiary/aromatic N) is 2. The second-order valence-corrected chi connectivity index (χ2v) is 5.22. The Labute approximate surface area is 104 Å². The summed E-state index contributed by atoms with van der Waals surface area (Å²) in [6, 6.07) is 10.4. The zero-order valence-corrected chi connectivity index (χ0v) is 10.7. The predicted octanol–water partition coefficient (Wildman–Crippen LogP) is 3.10. The van der Waals surface area contributed by atoms with E-state index < -0.39 is 0 Å². The Hall–Kier alpha value is -1.74. The van der Waals surface area contributed by atoms with Crippen LogP contribution >= 0.6 is 11.3 Å². The third-order valence-corrected chi connectivity index (χ3v) is 3.91. The van der Waals surface area contributed by atoms with Crippen LogP contribution in [0.2, 0.25) is 0 Å². The van der Waals surface area contributed by atoms with Gasteiger partial charge in [0, 0.05) is 6.07 Å². The van der Waals surface area contributed by atoms with Crippen LogP contribution in [0, 0.1) is 6.92 Å². The average Bonchev–Trinajstić information content (AvgIpc) is 2.75. The fourth-order valence-electron chi connectivity index (χ4n) is 1.88. The van der Waals surface area contributed by atoms with Crippen molar-refractivity contribution in [2.24, 2.45) is 7.05 Å². The van der Waals surface area contributed by atoms with Crippen molar-refractivity contribution in [1.29, 1.82) is 0 Å². The van der Waals surface area contributed by atoms with Crippen molar-refractivity contribution < 1.29 is 4.57 Å². The lowest BCUT2D eigenvalue weighted by Gasteiger charge is -1.98. The largest absolute Gasteiger partial charge is 0.236 e. The van der Waals surface area contributed by atoms with Crippen molar-refractivity contribution in [2.45, 2.75) is 6.92 Å². The van der Waals surface area contributed by atoms with Crippen molar-refractivity contribution in [3.8, 4) is 10.6 Å². The Bertz CT molecular complexity index is 653. The molecule has 84 valence electrons. The van der Waals surface area contributed by atoms with Gasteiger partial charge < -0.3 is 0 Å². The average molecular weight is 241 g/mol. The first-order valence-corrected chi connectivity index (χ1v) is 6.37. The number of para-hydroxylation sites is 1. The molecule has 3 heteroatoms. The van der Waals surface area contributed by atoms with E-state index in [1.165, 1.54) is 15.8 Å². The summed E-state index contributed by atoms with van der Waals surface area (Å²) in [6.45, 7) is 2.13. The van der Waals surface area contributed by atoms with Crippen LogP contribution < -0.4 is 4.57 Å². The molecule has 0 amide bonds. The standard InChI is InChI=1S/C14H13N2S/c1-10-7-8-16(2)9-11(10)14-15-12-5-3-4-6-13(12)17-14/h3-9H,1-2H3/q+1. The Morgan fingerprint density at radius 3 is 2.82 bits per heavy atom. The number of benzene rings is 1. The molecule has 2 nitrogen and oxygen atoms in total. The molecule has 2 heterocycles. The number of aryl methyl sites for hydroxylation is 2. The molecular formula is C14H13N2S+. The van der Waals surface area contributed by atoms with Gasteiger partial charge in [-0.3, -0.25) is 0 Å². The number of thiazole rings is 1. The summed E-state index contributed by atoms with van der Waals surface area (Å²) in [5.74, 6) is 0. The zero-order valence-electron chi connectivity index (χ0n) is 9.84. The first-order chi connectivity index (χ1) is 8.24. The summed E-state index contributed by atoms with van der Waals surface area (Å²) in [5.41, 5.74) is 3.57. The number of rotatable bonds is 1. The number of hydrogen-bond acceptors (Lipinski definition) is 2. The van der Waals surface area contributed by atoms with Crippen LogP contribution in [-0.2, 0) is 7.05 Å². The van der Waals surface area contributed by atoms with Gasteiger partial charge in [-0.25, -0.2) is 9.55 Å². The lowest BCUT2D eigenvalue weighted by Crippen LogP contribution is -2.26. The molecule has 1 aromatic carbocycles. The van der Waals surface area contributed by atoms with E-state index in [9.17, 15) is 0 Å². The van der Waals surface area contributed by atoms with Crippen LogP contribution in [0.5, 0.6) is 0 Å². The van der Waals surface area contributed by atoms with E-state index in [0.29, 0.717) is 0 Å². The molecular weight excluding hydrogens is 228 g/mol. The highest BCUT2D eigenvalue weighted by molar-refractivity contribution is 7.21. The molecule has 3 rings (SSSR count). The molecule has 0 aliphatic rings. The molecule has 0 N–H and O–H groups in total. The maximum atomic E-state index is 4.69. The molecule has 17 heavy (non-hydrogen) atoms. The first-order valence-electron chi connectivity index (χ1n) is 5.56. The zero-order chi connectivity index (χ0) is 11.8. The topological polar surface area (TPSA) is 16.8 Å². The summed E-state index contributed by atoms with van der Waals surface area (Å²) < 4.78 is 3.31. The van der Waals surface area contributed by atoms with Crippen molar-refractivity contribution in [2.75, 3.05) is 0 Å². The van der Waals surface area contributed by atoms with E-state index in [1.54, 1.807) is 11.3 Å². The summed E-state index contributed by atoms with van der Waals surface area (Å²) in [4.78, 5) is 4.69. The van der Waals surface area contributed by atoms with E-state index in [2.05, 4.69) is 48.1 Å². The van der Waals surface area contributed by atoms with Crippen LogP contribution in [0.15, 0.2) is 42.7 Å². The molecule has 0 saturated carbocycles. The maximum absolute atomic E-state index is 4.69. The van der Waals surface area contributed by atoms with Gasteiger partial charge in [0.05, 0.1) is 15.8 Å². The highest BCUT2D eigenvalue weighted by Crippen LogP contribution is 2.30. The quantitative estimate of drug-likeness (QED) is 0.598. The van der Waals surface area contributed by atoms with Crippen LogP contribution in [0.1, 0.15) is 5.56 Å². The third-order valence-electron chi connectivity index (χ3n) is 2.84. The van der Waals surface area contributed by atoms with Gasteiger partial charge in [0.1, 0.15) is 12.1 Å². The Morgan fingerprint density at radius 1 is 1.18 bits per heavy atom. The molecule has 3 aromatic rings. The summed E-state index contributed by atoms with van der Waals surface area (Å²) >= 11 is 1.75. The Kier molecular flexibility index (Phi) is 2.41. The second kappa shape index (κ2) is 3.93. The van der Waals surface area contributed by atoms with Crippen molar-refractivity contribution in [1.82, 2.24) is 4.98 Å². The number of hydrogen-bond donors (Lipinski definition) is 0. The molecule has 0 atom stereocenters. The molecule has 0 bridgehead atoms. The number of fused-ring (bicyclic) bond motifs is 1. The minimum Gasteiger partial charge on any atom is -0.236 e. The molecule has 0 saturated heterocycles. The van der Waals surface area contributed by atoms with E-state index in [1.807, 2.05) is 13.1 Å². The van der Waals surface area contributed by atoms with Crippen molar-refractivity contribution >= 4 is 21.6 Å². The van der Waals surface area contributed by atoms with Gasteiger partial charge in [-0.05, 0) is 24.6 Å². The SMILES string of the molecule is Cc1cc[n+](C)cc1-c1nc2ccccc2s1. The normalized spacial score (nSPS) is 10.9. The maximum Gasteiger partial charge on any atom is 0.179 e. The molecule has 0 aliphatic heterocycles. The smallest absolute Gasteiger partial charge is 0.179 e. The lowest BCUT2D eigenvalue weighted by atomic mass is 10.2. The second-order valence-electron chi connectivity index (χ2n) is 4.19. The summed E-state index contributed by atoms with van der Waals surface area (Å²) in [7, 11) is 2.04. The van der Waals surface area contributed by atoms with Crippen molar-refractivity contribution in [3.05, 3.63) is 48.3 Å².